The van der Waals surface area contributed by atoms with E-state index in [4.69, 9.17) is 4.74 Å². The standard InChI is InChI=1S/C18H24N2O4S/c1-24-15-9-11-16(12-10-15)25(22,23)20-13-5-8-17(20)18(21)19-14-6-3-2-4-7-14/h5,8-12,14,17H,2-4,6-7,13H2,1H3,(H,19,21)/t17-/m1/s1. The predicted octanol–water partition coefficient (Wildman–Crippen LogP) is 2.07. The number of ether oxygens (including phenoxy) is 1. The maximum atomic E-state index is 12.9. The van der Waals surface area contributed by atoms with Crippen LogP contribution in [0.4, 0.5) is 0 Å². The third-order valence-corrected chi connectivity index (χ3v) is 6.66. The van der Waals surface area contributed by atoms with Crippen molar-refractivity contribution in [2.75, 3.05) is 13.7 Å². The van der Waals surface area contributed by atoms with Gasteiger partial charge in [0.2, 0.25) is 15.9 Å². The molecule has 25 heavy (non-hydrogen) atoms. The number of sulfonamides is 1. The van der Waals surface area contributed by atoms with Crippen LogP contribution in [0.2, 0.25) is 0 Å². The highest BCUT2D eigenvalue weighted by atomic mass is 32.2. The Balaban J connectivity index is 1.74. The molecule has 0 unspecified atom stereocenters. The van der Waals surface area contributed by atoms with Crippen molar-refractivity contribution in [3.05, 3.63) is 36.4 Å². The molecule has 3 rings (SSSR count). The lowest BCUT2D eigenvalue weighted by Gasteiger charge is -2.27. The van der Waals surface area contributed by atoms with Crippen LogP contribution in [0.15, 0.2) is 41.3 Å². The highest BCUT2D eigenvalue weighted by molar-refractivity contribution is 7.89. The van der Waals surface area contributed by atoms with Crippen molar-refractivity contribution in [1.82, 2.24) is 9.62 Å². The third kappa shape index (κ3) is 3.88. The first-order valence-electron chi connectivity index (χ1n) is 8.65. The molecule has 1 aliphatic carbocycles. The maximum absolute atomic E-state index is 12.9. The number of rotatable bonds is 5. The molecule has 1 aromatic rings. The fraction of sp³-hybridized carbons (Fsp3) is 0.500. The molecule has 0 spiro atoms. The lowest BCUT2D eigenvalue weighted by molar-refractivity contribution is -0.124. The summed E-state index contributed by atoms with van der Waals surface area (Å²) in [6.45, 7) is 0.205. The number of hydrogen-bond acceptors (Lipinski definition) is 4. The molecule has 2 aliphatic rings. The van der Waals surface area contributed by atoms with Crippen LogP contribution in [-0.2, 0) is 14.8 Å². The van der Waals surface area contributed by atoms with Gasteiger partial charge in [-0.25, -0.2) is 8.42 Å². The number of carbonyl (C=O) groups is 1. The van der Waals surface area contributed by atoms with Gasteiger partial charge >= 0.3 is 0 Å². The van der Waals surface area contributed by atoms with Crippen LogP contribution in [0.1, 0.15) is 32.1 Å². The van der Waals surface area contributed by atoms with E-state index in [1.807, 2.05) is 0 Å². The van der Waals surface area contributed by atoms with E-state index in [-0.39, 0.29) is 23.4 Å². The number of hydrogen-bond donors (Lipinski definition) is 1. The highest BCUT2D eigenvalue weighted by Crippen LogP contribution is 2.25. The number of nitrogens with zero attached hydrogens (tertiary/aromatic N) is 1. The van der Waals surface area contributed by atoms with Crippen LogP contribution >= 0.6 is 0 Å². The van der Waals surface area contributed by atoms with Crippen molar-refractivity contribution < 1.29 is 17.9 Å². The van der Waals surface area contributed by atoms with Crippen LogP contribution in [0.25, 0.3) is 0 Å². The molecular weight excluding hydrogens is 340 g/mol. The van der Waals surface area contributed by atoms with Crippen LogP contribution < -0.4 is 10.1 Å². The second-order valence-electron chi connectivity index (χ2n) is 6.47. The van der Waals surface area contributed by atoms with Crippen molar-refractivity contribution in [2.45, 2.75) is 49.1 Å². The van der Waals surface area contributed by atoms with E-state index >= 15 is 0 Å². The normalized spacial score (nSPS) is 22.0. The zero-order valence-electron chi connectivity index (χ0n) is 14.3. The molecule has 0 bridgehead atoms. The van der Waals surface area contributed by atoms with Crippen LogP contribution in [0, 0.1) is 0 Å². The maximum Gasteiger partial charge on any atom is 0.244 e. The Labute approximate surface area is 148 Å². The van der Waals surface area contributed by atoms with Gasteiger partial charge < -0.3 is 10.1 Å². The summed E-state index contributed by atoms with van der Waals surface area (Å²) in [5, 5.41) is 3.02. The van der Waals surface area contributed by atoms with Gasteiger partial charge in [-0.1, -0.05) is 31.4 Å². The molecule has 1 saturated carbocycles. The summed E-state index contributed by atoms with van der Waals surface area (Å²) in [4.78, 5) is 12.8. The van der Waals surface area contributed by atoms with Gasteiger partial charge in [0.15, 0.2) is 0 Å². The number of methoxy groups -OCH3 is 1. The van der Waals surface area contributed by atoms with Gasteiger partial charge in [0, 0.05) is 12.6 Å². The van der Waals surface area contributed by atoms with E-state index < -0.39 is 16.1 Å². The summed E-state index contributed by atoms with van der Waals surface area (Å²) < 4.78 is 32.1. The molecule has 0 saturated heterocycles. The fourth-order valence-electron chi connectivity index (χ4n) is 3.39. The van der Waals surface area contributed by atoms with Crippen LogP contribution in [0.5, 0.6) is 5.75 Å². The average Bonchev–Trinajstić information content (AvgIpc) is 3.13. The Hall–Kier alpha value is -1.86. The number of benzene rings is 1. The van der Waals surface area contributed by atoms with Crippen molar-refractivity contribution in [2.24, 2.45) is 0 Å². The molecule has 1 N–H and O–H groups in total. The zero-order chi connectivity index (χ0) is 17.9. The average molecular weight is 364 g/mol. The van der Waals surface area contributed by atoms with Crippen molar-refractivity contribution in [1.29, 1.82) is 0 Å². The van der Waals surface area contributed by atoms with Crippen molar-refractivity contribution in [3.63, 3.8) is 0 Å². The van der Waals surface area contributed by atoms with E-state index in [9.17, 15) is 13.2 Å². The Morgan fingerprint density at radius 1 is 1.16 bits per heavy atom. The van der Waals surface area contributed by atoms with Gasteiger partial charge in [0.25, 0.3) is 0 Å². The summed E-state index contributed by atoms with van der Waals surface area (Å²) in [5.74, 6) is 0.350. The fourth-order valence-corrected chi connectivity index (χ4v) is 4.88. The molecule has 1 atom stereocenters. The van der Waals surface area contributed by atoms with Crippen LogP contribution in [-0.4, -0.2) is 44.4 Å². The Kier molecular flexibility index (Phi) is 5.44. The largest absolute Gasteiger partial charge is 0.497 e. The molecule has 1 heterocycles. The van der Waals surface area contributed by atoms with E-state index in [0.717, 1.165) is 25.7 Å². The van der Waals surface area contributed by atoms with Gasteiger partial charge in [0.1, 0.15) is 11.8 Å². The Morgan fingerprint density at radius 3 is 2.48 bits per heavy atom. The third-order valence-electron chi connectivity index (χ3n) is 4.80. The summed E-state index contributed by atoms with van der Waals surface area (Å²) in [5.41, 5.74) is 0. The monoisotopic (exact) mass is 364 g/mol. The molecule has 136 valence electrons. The molecule has 0 radical (unpaired) electrons. The van der Waals surface area contributed by atoms with Gasteiger partial charge in [-0.2, -0.15) is 4.31 Å². The molecule has 1 fully saturated rings. The number of amides is 1. The van der Waals surface area contributed by atoms with E-state index in [1.54, 1.807) is 24.3 Å². The molecule has 0 aromatic heterocycles. The molecule has 7 heteroatoms. The van der Waals surface area contributed by atoms with Gasteiger partial charge in [-0.3, -0.25) is 4.79 Å². The zero-order valence-corrected chi connectivity index (χ0v) is 15.2. The lowest BCUT2D eigenvalue weighted by Crippen LogP contribution is -2.49. The number of carbonyl (C=O) groups excluding carboxylic acids is 1. The Bertz CT molecular complexity index is 737. The summed E-state index contributed by atoms with van der Waals surface area (Å²) in [6, 6.07) is 5.58. The SMILES string of the molecule is COc1ccc(S(=O)(=O)N2CC=C[C@@H]2C(=O)NC2CCCCC2)cc1. The minimum absolute atomic E-state index is 0.154. The smallest absolute Gasteiger partial charge is 0.244 e. The van der Waals surface area contributed by atoms with E-state index in [1.165, 1.54) is 30.0 Å². The van der Waals surface area contributed by atoms with Crippen molar-refractivity contribution >= 4 is 15.9 Å². The quantitative estimate of drug-likeness (QED) is 0.812. The van der Waals surface area contributed by atoms with E-state index in [2.05, 4.69) is 5.32 Å². The Morgan fingerprint density at radius 2 is 1.84 bits per heavy atom. The second kappa shape index (κ2) is 7.58. The number of nitrogens with one attached hydrogen (secondary N) is 1. The summed E-state index contributed by atoms with van der Waals surface area (Å²) >= 11 is 0. The second-order valence-corrected chi connectivity index (χ2v) is 8.36. The van der Waals surface area contributed by atoms with Gasteiger partial charge in [-0.05, 0) is 37.1 Å². The van der Waals surface area contributed by atoms with E-state index in [0.29, 0.717) is 5.75 Å². The predicted molar refractivity (Wildman–Crippen MR) is 94.8 cm³/mol. The van der Waals surface area contributed by atoms with Gasteiger partial charge in [-0.15, -0.1) is 0 Å². The summed E-state index contributed by atoms with van der Waals surface area (Å²) in [7, 11) is -2.22. The van der Waals surface area contributed by atoms with Gasteiger partial charge in [0.05, 0.1) is 12.0 Å². The topological polar surface area (TPSA) is 75.7 Å². The molecule has 6 nitrogen and oxygen atoms in total. The molecule has 1 amide bonds. The minimum Gasteiger partial charge on any atom is -0.497 e. The van der Waals surface area contributed by atoms with Crippen molar-refractivity contribution in [3.8, 4) is 5.75 Å². The first-order valence-corrected chi connectivity index (χ1v) is 10.1. The molecule has 1 aliphatic heterocycles. The minimum atomic E-state index is -3.74. The molecule has 1 aromatic carbocycles. The first kappa shape index (κ1) is 17.9. The highest BCUT2D eigenvalue weighted by Gasteiger charge is 2.37. The summed E-state index contributed by atoms with van der Waals surface area (Å²) in [6.07, 6.45) is 8.75. The van der Waals surface area contributed by atoms with Crippen LogP contribution in [0.3, 0.4) is 0 Å². The lowest BCUT2D eigenvalue weighted by atomic mass is 9.95. The first-order chi connectivity index (χ1) is 12.0. The molecular formula is C18H24N2O4S.